The Kier molecular flexibility index (Phi) is 5.07. The maximum absolute atomic E-state index is 12.5. The normalized spacial score (nSPS) is 21.9. The molecule has 1 heterocycles. The second kappa shape index (κ2) is 7.24. The first-order valence-electron chi connectivity index (χ1n) is 8.99. The van der Waals surface area contributed by atoms with Gasteiger partial charge in [0.1, 0.15) is 6.04 Å². The number of carbonyl (C=O) groups excluding carboxylic acids is 2. The van der Waals surface area contributed by atoms with E-state index in [-0.39, 0.29) is 24.0 Å². The number of nitrogens with one attached hydrogen (secondary N) is 2. The van der Waals surface area contributed by atoms with Crippen LogP contribution in [0.5, 0.6) is 0 Å². The predicted octanol–water partition coefficient (Wildman–Crippen LogP) is 2.24. The molecule has 3 amide bonds. The van der Waals surface area contributed by atoms with Crippen LogP contribution >= 0.6 is 0 Å². The van der Waals surface area contributed by atoms with Gasteiger partial charge in [-0.1, -0.05) is 24.3 Å². The topological polar surface area (TPSA) is 61.4 Å². The van der Waals surface area contributed by atoms with Crippen molar-refractivity contribution in [3.8, 4) is 0 Å². The molecule has 2 atom stereocenters. The zero-order valence-corrected chi connectivity index (χ0v) is 14.5. The van der Waals surface area contributed by atoms with Gasteiger partial charge in [-0.05, 0) is 57.1 Å². The Morgan fingerprint density at radius 1 is 1.17 bits per heavy atom. The molecule has 0 bridgehead atoms. The van der Waals surface area contributed by atoms with Gasteiger partial charge in [0.25, 0.3) is 0 Å². The SMILES string of the molecule is C[C@H](NC(=O)NC1Cc2ccccc2C1)C(=O)N1CCCC[C@H]1C. The van der Waals surface area contributed by atoms with Gasteiger partial charge in [-0.25, -0.2) is 4.79 Å². The number of hydrogen-bond donors (Lipinski definition) is 2. The standard InChI is InChI=1S/C19H27N3O2/c1-13-7-5-6-10-22(13)18(23)14(2)20-19(24)21-17-11-15-8-3-4-9-16(15)12-17/h3-4,8-9,13-14,17H,5-7,10-12H2,1-2H3,(H2,20,21,24)/t13-,14+/m1/s1. The fraction of sp³-hybridized carbons (Fsp3) is 0.579. The smallest absolute Gasteiger partial charge is 0.315 e. The zero-order chi connectivity index (χ0) is 17.1. The lowest BCUT2D eigenvalue weighted by Crippen LogP contribution is -2.54. The summed E-state index contributed by atoms with van der Waals surface area (Å²) in [6.07, 6.45) is 4.99. The van der Waals surface area contributed by atoms with Crippen molar-refractivity contribution in [2.45, 2.75) is 64.1 Å². The molecule has 24 heavy (non-hydrogen) atoms. The van der Waals surface area contributed by atoms with Gasteiger partial charge in [-0.3, -0.25) is 4.79 Å². The van der Waals surface area contributed by atoms with Gasteiger partial charge in [0, 0.05) is 18.6 Å². The van der Waals surface area contributed by atoms with Crippen LogP contribution in [0.1, 0.15) is 44.2 Å². The van der Waals surface area contributed by atoms with Crippen molar-refractivity contribution in [1.29, 1.82) is 0 Å². The molecule has 0 unspecified atom stereocenters. The summed E-state index contributed by atoms with van der Waals surface area (Å²) >= 11 is 0. The summed E-state index contributed by atoms with van der Waals surface area (Å²) in [5.41, 5.74) is 2.60. The largest absolute Gasteiger partial charge is 0.338 e. The van der Waals surface area contributed by atoms with Crippen LogP contribution in [0.15, 0.2) is 24.3 Å². The predicted molar refractivity (Wildman–Crippen MR) is 93.8 cm³/mol. The number of urea groups is 1. The molecule has 1 aromatic carbocycles. The van der Waals surface area contributed by atoms with Gasteiger partial charge in [0.15, 0.2) is 0 Å². The first-order valence-corrected chi connectivity index (χ1v) is 8.99. The highest BCUT2D eigenvalue weighted by atomic mass is 16.2. The van der Waals surface area contributed by atoms with Crippen molar-refractivity contribution in [3.63, 3.8) is 0 Å². The minimum absolute atomic E-state index is 0.0204. The molecule has 1 aliphatic carbocycles. The van der Waals surface area contributed by atoms with E-state index in [4.69, 9.17) is 0 Å². The van der Waals surface area contributed by atoms with Gasteiger partial charge in [0.05, 0.1) is 0 Å². The van der Waals surface area contributed by atoms with Crippen molar-refractivity contribution in [3.05, 3.63) is 35.4 Å². The summed E-state index contributed by atoms with van der Waals surface area (Å²) in [5, 5.41) is 5.81. The van der Waals surface area contributed by atoms with E-state index < -0.39 is 6.04 Å². The van der Waals surface area contributed by atoms with Crippen LogP contribution in [0.3, 0.4) is 0 Å². The number of carbonyl (C=O) groups is 2. The lowest BCUT2D eigenvalue weighted by atomic mass is 10.0. The number of benzene rings is 1. The Bertz CT molecular complexity index is 591. The van der Waals surface area contributed by atoms with E-state index in [2.05, 4.69) is 29.7 Å². The molecule has 0 aromatic heterocycles. The number of likely N-dealkylation sites (tertiary alicyclic amines) is 1. The lowest BCUT2D eigenvalue weighted by Gasteiger charge is -2.35. The molecular weight excluding hydrogens is 302 g/mol. The summed E-state index contributed by atoms with van der Waals surface area (Å²) < 4.78 is 0. The summed E-state index contributed by atoms with van der Waals surface area (Å²) in [7, 11) is 0. The fourth-order valence-electron chi connectivity index (χ4n) is 3.82. The fourth-order valence-corrected chi connectivity index (χ4v) is 3.82. The van der Waals surface area contributed by atoms with Crippen molar-refractivity contribution in [2.24, 2.45) is 0 Å². The van der Waals surface area contributed by atoms with Crippen LogP contribution in [0.25, 0.3) is 0 Å². The van der Waals surface area contributed by atoms with Crippen molar-refractivity contribution < 1.29 is 9.59 Å². The molecule has 1 fully saturated rings. The number of fused-ring (bicyclic) bond motifs is 1. The minimum Gasteiger partial charge on any atom is -0.338 e. The van der Waals surface area contributed by atoms with E-state index in [1.165, 1.54) is 17.5 Å². The van der Waals surface area contributed by atoms with E-state index in [1.54, 1.807) is 6.92 Å². The van der Waals surface area contributed by atoms with Crippen LogP contribution in [-0.4, -0.2) is 41.5 Å². The number of rotatable bonds is 3. The highest BCUT2D eigenvalue weighted by Gasteiger charge is 2.29. The highest BCUT2D eigenvalue weighted by Crippen LogP contribution is 2.21. The van der Waals surface area contributed by atoms with Gasteiger partial charge < -0.3 is 15.5 Å². The van der Waals surface area contributed by atoms with Crippen molar-refractivity contribution >= 4 is 11.9 Å². The summed E-state index contributed by atoms with van der Waals surface area (Å²) in [5.74, 6) is 0.0204. The summed E-state index contributed by atoms with van der Waals surface area (Å²) in [6, 6.07) is 7.91. The molecule has 3 rings (SSSR count). The van der Waals surface area contributed by atoms with Gasteiger partial charge in [-0.15, -0.1) is 0 Å². The molecular formula is C19H27N3O2. The number of piperidine rings is 1. The van der Waals surface area contributed by atoms with Crippen molar-refractivity contribution in [2.75, 3.05) is 6.54 Å². The summed E-state index contributed by atoms with van der Waals surface area (Å²) in [6.45, 7) is 4.65. The third kappa shape index (κ3) is 3.71. The second-order valence-electron chi connectivity index (χ2n) is 7.09. The van der Waals surface area contributed by atoms with Gasteiger partial charge in [-0.2, -0.15) is 0 Å². The quantitative estimate of drug-likeness (QED) is 0.893. The molecule has 1 saturated heterocycles. The Morgan fingerprint density at radius 2 is 1.83 bits per heavy atom. The van der Waals surface area contributed by atoms with E-state index in [0.29, 0.717) is 0 Å². The third-order valence-corrected chi connectivity index (χ3v) is 5.19. The molecule has 0 radical (unpaired) electrons. The van der Waals surface area contributed by atoms with Crippen LogP contribution in [0, 0.1) is 0 Å². The highest BCUT2D eigenvalue weighted by molar-refractivity contribution is 5.87. The molecule has 0 spiro atoms. The molecule has 1 aromatic rings. The van der Waals surface area contributed by atoms with Gasteiger partial charge in [0.2, 0.25) is 5.91 Å². The second-order valence-corrected chi connectivity index (χ2v) is 7.09. The van der Waals surface area contributed by atoms with Crippen molar-refractivity contribution in [1.82, 2.24) is 15.5 Å². The Labute approximate surface area is 143 Å². The Morgan fingerprint density at radius 3 is 2.46 bits per heavy atom. The minimum atomic E-state index is -0.491. The van der Waals surface area contributed by atoms with Crippen LogP contribution in [0.2, 0.25) is 0 Å². The van der Waals surface area contributed by atoms with Crippen LogP contribution in [0.4, 0.5) is 4.79 Å². The Balaban J connectivity index is 1.49. The number of hydrogen-bond acceptors (Lipinski definition) is 2. The first-order chi connectivity index (χ1) is 11.5. The first kappa shape index (κ1) is 16.8. The molecule has 130 valence electrons. The van der Waals surface area contributed by atoms with E-state index in [1.807, 2.05) is 17.0 Å². The lowest BCUT2D eigenvalue weighted by molar-refractivity contribution is -0.136. The zero-order valence-electron chi connectivity index (χ0n) is 14.5. The molecule has 0 saturated carbocycles. The molecule has 5 heteroatoms. The van der Waals surface area contributed by atoms with E-state index >= 15 is 0 Å². The number of amides is 3. The number of nitrogens with zero attached hydrogens (tertiary/aromatic N) is 1. The van der Waals surface area contributed by atoms with E-state index in [9.17, 15) is 9.59 Å². The maximum atomic E-state index is 12.5. The molecule has 2 aliphatic rings. The van der Waals surface area contributed by atoms with Crippen LogP contribution < -0.4 is 10.6 Å². The third-order valence-electron chi connectivity index (χ3n) is 5.19. The molecule has 5 nitrogen and oxygen atoms in total. The van der Waals surface area contributed by atoms with E-state index in [0.717, 1.165) is 32.2 Å². The Hall–Kier alpha value is -2.04. The maximum Gasteiger partial charge on any atom is 0.315 e. The summed E-state index contributed by atoms with van der Waals surface area (Å²) in [4.78, 5) is 26.7. The van der Waals surface area contributed by atoms with Gasteiger partial charge >= 0.3 is 6.03 Å². The van der Waals surface area contributed by atoms with Crippen LogP contribution in [-0.2, 0) is 17.6 Å². The molecule has 2 N–H and O–H groups in total. The monoisotopic (exact) mass is 329 g/mol. The average Bonchev–Trinajstić information content (AvgIpc) is 2.96. The molecule has 1 aliphatic heterocycles. The average molecular weight is 329 g/mol.